The summed E-state index contributed by atoms with van der Waals surface area (Å²) in [6.45, 7) is 5.11. The first kappa shape index (κ1) is 16.4. The van der Waals surface area contributed by atoms with Crippen molar-refractivity contribution < 1.29 is 14.3 Å². The number of aromatic nitrogens is 2. The molecule has 0 atom stereocenters. The summed E-state index contributed by atoms with van der Waals surface area (Å²) in [6.07, 6.45) is 2.08. The van der Waals surface area contributed by atoms with Gasteiger partial charge in [-0.15, -0.1) is 0 Å². The van der Waals surface area contributed by atoms with Crippen molar-refractivity contribution in [3.63, 3.8) is 0 Å². The van der Waals surface area contributed by atoms with E-state index in [0.717, 1.165) is 0 Å². The van der Waals surface area contributed by atoms with Crippen molar-refractivity contribution in [2.24, 2.45) is 0 Å². The molecule has 0 fully saturated rings. The highest BCUT2D eigenvalue weighted by molar-refractivity contribution is 5.67. The van der Waals surface area contributed by atoms with E-state index in [1.807, 2.05) is 0 Å². The Kier molecular flexibility index (Phi) is 4.59. The second-order valence-electron chi connectivity index (χ2n) is 5.75. The molecule has 2 rings (SSSR count). The van der Waals surface area contributed by atoms with Crippen molar-refractivity contribution >= 4 is 12.1 Å². The molecule has 0 saturated heterocycles. The third-order valence-electron chi connectivity index (χ3n) is 2.64. The number of carbonyl (C=O) groups is 1. The smallest absolute Gasteiger partial charge is 0.428 e. The molecular formula is C16H17N3O4. The van der Waals surface area contributed by atoms with Crippen molar-refractivity contribution in [2.45, 2.75) is 26.4 Å². The van der Waals surface area contributed by atoms with Gasteiger partial charge in [-0.25, -0.2) is 14.8 Å². The number of hydrogen-bond donors (Lipinski definition) is 1. The number of carbonyl (C=O) groups excluding carboxylic acids is 1. The highest BCUT2D eigenvalue weighted by Gasteiger charge is 2.19. The van der Waals surface area contributed by atoms with E-state index in [-0.39, 0.29) is 11.7 Å². The van der Waals surface area contributed by atoms with Gasteiger partial charge in [0.05, 0.1) is 0 Å². The molecule has 1 aromatic carbocycles. The van der Waals surface area contributed by atoms with E-state index in [4.69, 9.17) is 15.2 Å². The van der Waals surface area contributed by atoms with Crippen LogP contribution in [0.25, 0.3) is 11.1 Å². The first-order valence-electron chi connectivity index (χ1n) is 6.88. The molecule has 23 heavy (non-hydrogen) atoms. The predicted octanol–water partition coefficient (Wildman–Crippen LogP) is 2.40. The summed E-state index contributed by atoms with van der Waals surface area (Å²) in [7, 11) is 0. The molecule has 0 spiro atoms. The molecule has 2 aromatic rings. The van der Waals surface area contributed by atoms with Crippen LogP contribution in [-0.4, -0.2) is 21.7 Å². The van der Waals surface area contributed by atoms with Crippen LogP contribution in [0.15, 0.2) is 41.5 Å². The third kappa shape index (κ3) is 4.77. The maximum Gasteiger partial charge on any atom is 0.514 e. The van der Waals surface area contributed by atoms with Crippen molar-refractivity contribution in [3.8, 4) is 16.9 Å². The van der Waals surface area contributed by atoms with E-state index >= 15 is 0 Å². The molecule has 0 amide bonds. The summed E-state index contributed by atoms with van der Waals surface area (Å²) >= 11 is 0. The van der Waals surface area contributed by atoms with Crippen LogP contribution in [0.2, 0.25) is 0 Å². The zero-order chi connectivity index (χ0) is 17.0. The normalized spacial score (nSPS) is 10.9. The Labute approximate surface area is 133 Å². The molecule has 0 aliphatic carbocycles. The van der Waals surface area contributed by atoms with Gasteiger partial charge >= 0.3 is 6.16 Å². The molecule has 120 valence electrons. The predicted molar refractivity (Wildman–Crippen MR) is 85.0 cm³/mol. The van der Waals surface area contributed by atoms with Crippen LogP contribution in [-0.2, 0) is 4.74 Å². The summed E-state index contributed by atoms with van der Waals surface area (Å²) in [5.41, 5.74) is 5.52. The Hall–Kier alpha value is -2.96. The highest BCUT2D eigenvalue weighted by Crippen LogP contribution is 2.20. The van der Waals surface area contributed by atoms with Gasteiger partial charge in [-0.1, -0.05) is 12.1 Å². The number of nitrogens with two attached hydrogens (primary N) is 1. The zero-order valence-electron chi connectivity index (χ0n) is 13.1. The molecule has 0 radical (unpaired) electrons. The number of rotatable bonds is 2. The average Bonchev–Trinajstić information content (AvgIpc) is 2.60. The largest absolute Gasteiger partial charge is 0.514 e. The van der Waals surface area contributed by atoms with Crippen LogP contribution in [0.4, 0.5) is 10.7 Å². The SMILES string of the molecule is CC(C)(C)OC(=O)Oc1cc(-c2cnc(N)nc2)cccc1=O. The molecule has 0 aliphatic rings. The molecule has 0 saturated carbocycles. The molecule has 0 bridgehead atoms. The van der Waals surface area contributed by atoms with Crippen LogP contribution < -0.4 is 15.9 Å². The van der Waals surface area contributed by atoms with E-state index in [1.165, 1.54) is 24.5 Å². The van der Waals surface area contributed by atoms with Crippen LogP contribution in [0, 0.1) is 0 Å². The molecule has 7 nitrogen and oxygen atoms in total. The lowest BCUT2D eigenvalue weighted by Crippen LogP contribution is -2.26. The molecule has 0 aliphatic heterocycles. The van der Waals surface area contributed by atoms with Crippen molar-refractivity contribution in [3.05, 3.63) is 46.9 Å². The van der Waals surface area contributed by atoms with Crippen molar-refractivity contribution in [1.29, 1.82) is 0 Å². The highest BCUT2D eigenvalue weighted by atomic mass is 16.7. The minimum Gasteiger partial charge on any atom is -0.428 e. The molecule has 1 aromatic heterocycles. The molecule has 7 heteroatoms. The van der Waals surface area contributed by atoms with Gasteiger partial charge in [0, 0.05) is 18.0 Å². The van der Waals surface area contributed by atoms with Gasteiger partial charge in [0.15, 0.2) is 5.75 Å². The second-order valence-corrected chi connectivity index (χ2v) is 5.75. The summed E-state index contributed by atoms with van der Waals surface area (Å²) in [5, 5.41) is 0. The van der Waals surface area contributed by atoms with Gasteiger partial charge < -0.3 is 15.2 Å². The molecule has 0 unspecified atom stereocenters. The van der Waals surface area contributed by atoms with Gasteiger partial charge in [0.1, 0.15) is 5.60 Å². The Morgan fingerprint density at radius 1 is 1.13 bits per heavy atom. The fourth-order valence-corrected chi connectivity index (χ4v) is 1.69. The summed E-state index contributed by atoms with van der Waals surface area (Å²) in [4.78, 5) is 31.5. The van der Waals surface area contributed by atoms with Crippen LogP contribution in [0.5, 0.6) is 5.75 Å². The second kappa shape index (κ2) is 6.43. The standard InChI is InChI=1S/C16H17N3O4/c1-16(2,3)23-15(21)22-13-7-10(5-4-6-12(13)20)11-8-18-14(17)19-9-11/h4-9H,1-3H3,(H2,17,18,19). The Balaban J connectivity index is 2.35. The zero-order valence-corrected chi connectivity index (χ0v) is 13.1. The van der Waals surface area contributed by atoms with E-state index in [1.54, 1.807) is 32.9 Å². The third-order valence-corrected chi connectivity index (χ3v) is 2.64. The lowest BCUT2D eigenvalue weighted by molar-refractivity contribution is 0.0204. The topological polar surface area (TPSA) is 104 Å². The minimum atomic E-state index is -0.944. The maximum absolute atomic E-state index is 12.0. The van der Waals surface area contributed by atoms with Gasteiger partial charge in [-0.2, -0.15) is 0 Å². The summed E-state index contributed by atoms with van der Waals surface area (Å²) in [5.74, 6) is -0.000117. The van der Waals surface area contributed by atoms with Gasteiger partial charge in [0.25, 0.3) is 0 Å². The van der Waals surface area contributed by atoms with Crippen LogP contribution >= 0.6 is 0 Å². The van der Waals surface area contributed by atoms with Crippen LogP contribution in [0.3, 0.4) is 0 Å². The first-order chi connectivity index (χ1) is 10.7. The minimum absolute atomic E-state index is 0.142. The van der Waals surface area contributed by atoms with Crippen LogP contribution in [0.1, 0.15) is 20.8 Å². The van der Waals surface area contributed by atoms with Gasteiger partial charge in [0.2, 0.25) is 11.4 Å². The Bertz CT molecular complexity index is 767. The number of nitrogen functional groups attached to an aromatic ring is 1. The Morgan fingerprint density at radius 3 is 2.39 bits per heavy atom. The summed E-state index contributed by atoms with van der Waals surface area (Å²) < 4.78 is 10.1. The van der Waals surface area contributed by atoms with Gasteiger partial charge in [-0.3, -0.25) is 4.79 Å². The molecule has 2 N–H and O–H groups in total. The number of anilines is 1. The lowest BCUT2D eigenvalue weighted by Gasteiger charge is -2.18. The van der Waals surface area contributed by atoms with E-state index in [2.05, 4.69) is 9.97 Å². The fourth-order valence-electron chi connectivity index (χ4n) is 1.69. The fraction of sp³-hybridized carbons (Fsp3) is 0.250. The lowest BCUT2D eigenvalue weighted by atomic mass is 10.1. The quantitative estimate of drug-likeness (QED) is 0.848. The number of hydrogen-bond acceptors (Lipinski definition) is 7. The van der Waals surface area contributed by atoms with Gasteiger partial charge in [-0.05, 0) is 38.5 Å². The number of nitrogens with zero attached hydrogens (tertiary/aromatic N) is 2. The van der Waals surface area contributed by atoms with E-state index in [9.17, 15) is 9.59 Å². The molecular weight excluding hydrogens is 298 g/mol. The van der Waals surface area contributed by atoms with Crippen molar-refractivity contribution in [2.75, 3.05) is 5.73 Å². The Morgan fingerprint density at radius 2 is 1.78 bits per heavy atom. The molecule has 1 heterocycles. The van der Waals surface area contributed by atoms with E-state index < -0.39 is 17.2 Å². The van der Waals surface area contributed by atoms with E-state index in [0.29, 0.717) is 11.1 Å². The monoisotopic (exact) mass is 315 g/mol. The number of ether oxygens (including phenoxy) is 2. The summed E-state index contributed by atoms with van der Waals surface area (Å²) in [6, 6.07) is 5.96. The maximum atomic E-state index is 12.0. The first-order valence-corrected chi connectivity index (χ1v) is 6.88. The van der Waals surface area contributed by atoms with Crippen molar-refractivity contribution in [1.82, 2.24) is 9.97 Å². The average molecular weight is 315 g/mol.